The van der Waals surface area contributed by atoms with E-state index in [1.165, 1.54) is 4.68 Å². The second kappa shape index (κ2) is 5.85. The maximum absolute atomic E-state index is 13.0. The second-order valence-electron chi connectivity index (χ2n) is 4.94. The molecule has 1 amide bonds. The Balaban J connectivity index is 2.36. The third-order valence-electron chi connectivity index (χ3n) is 3.44. The van der Waals surface area contributed by atoms with Crippen molar-refractivity contribution in [3.05, 3.63) is 17.0 Å². The molecular formula is C13H18F3N3O. The molecule has 1 aromatic rings. The standard InChI is InChI=1S/C13H18F3N3O/c1-2-17-11(20)8-19-10-7-5-3-4-6-9(10)12(18-19)13(14,15)16/h2-8H2,1H3,(H,17,20). The highest BCUT2D eigenvalue weighted by molar-refractivity contribution is 5.75. The van der Waals surface area contributed by atoms with Gasteiger partial charge in [0.15, 0.2) is 5.69 Å². The number of fused-ring (bicyclic) bond motifs is 1. The molecule has 0 aromatic carbocycles. The summed E-state index contributed by atoms with van der Waals surface area (Å²) in [4.78, 5) is 11.6. The first kappa shape index (κ1) is 14.9. The molecule has 0 aliphatic heterocycles. The highest BCUT2D eigenvalue weighted by Crippen LogP contribution is 2.35. The SMILES string of the molecule is CCNC(=O)Cn1nc(C(F)(F)F)c2c1CCCCC2. The lowest BCUT2D eigenvalue weighted by Crippen LogP contribution is -2.28. The first-order valence-corrected chi connectivity index (χ1v) is 6.86. The summed E-state index contributed by atoms with van der Waals surface area (Å²) >= 11 is 0. The Morgan fingerprint density at radius 1 is 1.30 bits per heavy atom. The number of nitrogens with one attached hydrogen (secondary N) is 1. The highest BCUT2D eigenvalue weighted by Gasteiger charge is 2.39. The van der Waals surface area contributed by atoms with Gasteiger partial charge in [-0.05, 0) is 32.6 Å². The Bertz CT molecular complexity index is 494. The average Bonchev–Trinajstić information content (AvgIpc) is 2.56. The Morgan fingerprint density at radius 3 is 2.65 bits per heavy atom. The van der Waals surface area contributed by atoms with Gasteiger partial charge in [0.05, 0.1) is 0 Å². The Labute approximate surface area is 115 Å². The van der Waals surface area contributed by atoms with Crippen molar-refractivity contribution >= 4 is 5.91 Å². The molecule has 112 valence electrons. The van der Waals surface area contributed by atoms with Crippen molar-refractivity contribution in [1.82, 2.24) is 15.1 Å². The van der Waals surface area contributed by atoms with Crippen LogP contribution in [-0.4, -0.2) is 22.2 Å². The zero-order valence-electron chi connectivity index (χ0n) is 11.4. The predicted molar refractivity (Wildman–Crippen MR) is 67.2 cm³/mol. The van der Waals surface area contributed by atoms with Crippen LogP contribution in [-0.2, 0) is 30.4 Å². The minimum Gasteiger partial charge on any atom is -0.355 e. The molecule has 1 aromatic heterocycles. The summed E-state index contributed by atoms with van der Waals surface area (Å²) in [6, 6.07) is 0. The van der Waals surface area contributed by atoms with Crippen LogP contribution in [0.4, 0.5) is 13.2 Å². The van der Waals surface area contributed by atoms with Crippen LogP contribution in [0.3, 0.4) is 0 Å². The Kier molecular flexibility index (Phi) is 4.35. The van der Waals surface area contributed by atoms with Gasteiger partial charge < -0.3 is 5.32 Å². The molecule has 1 aliphatic rings. The molecule has 0 unspecified atom stereocenters. The topological polar surface area (TPSA) is 46.9 Å². The molecule has 1 aliphatic carbocycles. The van der Waals surface area contributed by atoms with Crippen LogP contribution in [0.15, 0.2) is 0 Å². The van der Waals surface area contributed by atoms with Gasteiger partial charge in [-0.1, -0.05) is 6.42 Å². The monoisotopic (exact) mass is 289 g/mol. The third kappa shape index (κ3) is 3.13. The second-order valence-corrected chi connectivity index (χ2v) is 4.94. The quantitative estimate of drug-likeness (QED) is 0.868. The van der Waals surface area contributed by atoms with Gasteiger partial charge in [0.2, 0.25) is 5.91 Å². The molecule has 4 nitrogen and oxygen atoms in total. The number of nitrogens with zero attached hydrogens (tertiary/aromatic N) is 2. The van der Waals surface area contributed by atoms with Gasteiger partial charge in [-0.25, -0.2) is 0 Å². The molecule has 2 rings (SSSR count). The van der Waals surface area contributed by atoms with Crippen LogP contribution in [0.2, 0.25) is 0 Å². The molecule has 7 heteroatoms. The van der Waals surface area contributed by atoms with E-state index in [-0.39, 0.29) is 18.0 Å². The van der Waals surface area contributed by atoms with Crippen molar-refractivity contribution in [2.24, 2.45) is 0 Å². The Hall–Kier alpha value is -1.53. The fourth-order valence-electron chi connectivity index (χ4n) is 2.60. The van der Waals surface area contributed by atoms with E-state index in [0.717, 1.165) is 19.3 Å². The number of amides is 1. The number of rotatable bonds is 3. The largest absolute Gasteiger partial charge is 0.435 e. The lowest BCUT2D eigenvalue weighted by Gasteiger charge is -2.07. The van der Waals surface area contributed by atoms with Crippen LogP contribution in [0.1, 0.15) is 43.1 Å². The van der Waals surface area contributed by atoms with Crippen molar-refractivity contribution in [2.45, 2.75) is 51.7 Å². The number of aromatic nitrogens is 2. The molecule has 0 bridgehead atoms. The van der Waals surface area contributed by atoms with E-state index >= 15 is 0 Å². The maximum Gasteiger partial charge on any atom is 0.435 e. The van der Waals surface area contributed by atoms with E-state index in [0.29, 0.717) is 25.1 Å². The van der Waals surface area contributed by atoms with Crippen LogP contribution < -0.4 is 5.32 Å². The molecule has 0 saturated carbocycles. The van der Waals surface area contributed by atoms with E-state index < -0.39 is 11.9 Å². The maximum atomic E-state index is 13.0. The van der Waals surface area contributed by atoms with Crippen LogP contribution >= 0.6 is 0 Å². The fourth-order valence-corrected chi connectivity index (χ4v) is 2.60. The van der Waals surface area contributed by atoms with Gasteiger partial charge in [-0.2, -0.15) is 18.3 Å². The van der Waals surface area contributed by atoms with Gasteiger partial charge in [-0.15, -0.1) is 0 Å². The number of halogens is 3. The lowest BCUT2D eigenvalue weighted by molar-refractivity contribution is -0.142. The van der Waals surface area contributed by atoms with Gasteiger partial charge in [-0.3, -0.25) is 9.48 Å². The summed E-state index contributed by atoms with van der Waals surface area (Å²) in [5.74, 6) is -0.309. The number of carbonyl (C=O) groups is 1. The van der Waals surface area contributed by atoms with E-state index in [9.17, 15) is 18.0 Å². The van der Waals surface area contributed by atoms with Crippen LogP contribution in [0.25, 0.3) is 0 Å². The van der Waals surface area contributed by atoms with Crippen molar-refractivity contribution in [3.8, 4) is 0 Å². The number of likely N-dealkylation sites (N-methyl/N-ethyl adjacent to an activating group) is 1. The molecule has 1 N–H and O–H groups in total. The number of alkyl halides is 3. The summed E-state index contributed by atoms with van der Waals surface area (Å²) in [5, 5.41) is 6.24. The number of hydrogen-bond acceptors (Lipinski definition) is 2. The zero-order chi connectivity index (χ0) is 14.8. The molecule has 0 spiro atoms. The number of hydrogen-bond donors (Lipinski definition) is 1. The van der Waals surface area contributed by atoms with Crippen molar-refractivity contribution < 1.29 is 18.0 Å². The van der Waals surface area contributed by atoms with Gasteiger partial charge >= 0.3 is 6.18 Å². The van der Waals surface area contributed by atoms with Gasteiger partial charge in [0.25, 0.3) is 0 Å². The van der Waals surface area contributed by atoms with E-state index in [1.54, 1.807) is 6.92 Å². The van der Waals surface area contributed by atoms with Crippen molar-refractivity contribution in [1.29, 1.82) is 0 Å². The van der Waals surface area contributed by atoms with Crippen LogP contribution in [0, 0.1) is 0 Å². The molecule has 0 saturated heterocycles. The van der Waals surface area contributed by atoms with E-state index in [4.69, 9.17) is 0 Å². The molecular weight excluding hydrogens is 271 g/mol. The Morgan fingerprint density at radius 2 is 2.00 bits per heavy atom. The summed E-state index contributed by atoms with van der Waals surface area (Å²) in [5.41, 5.74) is 0.0269. The fraction of sp³-hybridized carbons (Fsp3) is 0.692. The first-order valence-electron chi connectivity index (χ1n) is 6.86. The molecule has 0 radical (unpaired) electrons. The van der Waals surface area contributed by atoms with Gasteiger partial charge in [0.1, 0.15) is 6.54 Å². The first-order chi connectivity index (χ1) is 9.43. The van der Waals surface area contributed by atoms with Crippen molar-refractivity contribution in [3.63, 3.8) is 0 Å². The zero-order valence-corrected chi connectivity index (χ0v) is 11.4. The predicted octanol–water partition coefficient (Wildman–Crippen LogP) is 2.31. The number of carbonyl (C=O) groups excluding carboxylic acids is 1. The summed E-state index contributed by atoms with van der Waals surface area (Å²) < 4.78 is 40.3. The minimum absolute atomic E-state index is 0.147. The summed E-state index contributed by atoms with van der Waals surface area (Å²) in [6.45, 7) is 2.07. The highest BCUT2D eigenvalue weighted by atomic mass is 19.4. The molecule has 0 atom stereocenters. The average molecular weight is 289 g/mol. The van der Waals surface area contributed by atoms with E-state index in [2.05, 4.69) is 10.4 Å². The molecule has 1 heterocycles. The van der Waals surface area contributed by atoms with Crippen LogP contribution in [0.5, 0.6) is 0 Å². The van der Waals surface area contributed by atoms with E-state index in [1.807, 2.05) is 0 Å². The third-order valence-corrected chi connectivity index (χ3v) is 3.44. The smallest absolute Gasteiger partial charge is 0.355 e. The normalized spacial score (nSPS) is 15.6. The molecule has 20 heavy (non-hydrogen) atoms. The van der Waals surface area contributed by atoms with Crippen molar-refractivity contribution in [2.75, 3.05) is 6.54 Å². The summed E-state index contributed by atoms with van der Waals surface area (Å²) in [7, 11) is 0. The van der Waals surface area contributed by atoms with Gasteiger partial charge in [0, 0.05) is 17.8 Å². The molecule has 0 fully saturated rings. The minimum atomic E-state index is -4.46. The lowest BCUT2D eigenvalue weighted by atomic mass is 10.1. The summed E-state index contributed by atoms with van der Waals surface area (Å²) in [6.07, 6.45) is -1.03.